The number of carbonyl (C=O) groups is 1. The first-order valence-electron chi connectivity index (χ1n) is 5.91. The highest BCUT2D eigenvalue weighted by Crippen LogP contribution is 2.25. The molecule has 0 spiro atoms. The summed E-state index contributed by atoms with van der Waals surface area (Å²) in [6, 6.07) is 0. The fourth-order valence-electron chi connectivity index (χ4n) is 1.88. The molecule has 0 aromatic heterocycles. The van der Waals surface area contributed by atoms with E-state index in [0.717, 1.165) is 19.5 Å². The molecule has 0 aromatic rings. The molecule has 4 heteroatoms. The Morgan fingerprint density at radius 3 is 2.62 bits per heavy atom. The van der Waals surface area contributed by atoms with Gasteiger partial charge in [0.2, 0.25) is 0 Å². The Balaban J connectivity index is 2.50. The maximum absolute atomic E-state index is 11.9. The molecule has 94 valence electrons. The third kappa shape index (κ3) is 4.47. The van der Waals surface area contributed by atoms with Gasteiger partial charge >= 0.3 is 6.09 Å². The van der Waals surface area contributed by atoms with Crippen molar-refractivity contribution in [3.63, 3.8) is 0 Å². The molecule has 16 heavy (non-hydrogen) atoms. The second-order valence-electron chi connectivity index (χ2n) is 5.51. The summed E-state index contributed by atoms with van der Waals surface area (Å²) in [5.41, 5.74) is -0.389. The van der Waals surface area contributed by atoms with Crippen LogP contribution in [0.25, 0.3) is 0 Å². The molecular formula is C12H22INO2. The van der Waals surface area contributed by atoms with Gasteiger partial charge in [-0.05, 0) is 39.5 Å². The molecule has 1 saturated heterocycles. The Hall–Kier alpha value is 0. The minimum Gasteiger partial charge on any atom is -0.444 e. The summed E-state index contributed by atoms with van der Waals surface area (Å²) in [5.74, 6) is 0.613. The molecule has 1 aliphatic rings. The lowest BCUT2D eigenvalue weighted by Crippen LogP contribution is -2.44. The van der Waals surface area contributed by atoms with E-state index in [4.69, 9.17) is 4.74 Å². The second kappa shape index (κ2) is 5.56. The zero-order valence-electron chi connectivity index (χ0n) is 10.6. The van der Waals surface area contributed by atoms with Crippen molar-refractivity contribution >= 4 is 28.7 Å². The molecular weight excluding hydrogens is 317 g/mol. The summed E-state index contributed by atoms with van der Waals surface area (Å²) in [7, 11) is 0. The number of ether oxygens (including phenoxy) is 1. The topological polar surface area (TPSA) is 29.5 Å². The summed E-state index contributed by atoms with van der Waals surface area (Å²) < 4.78 is 6.00. The van der Waals surface area contributed by atoms with Crippen molar-refractivity contribution in [2.45, 2.75) is 50.1 Å². The molecule has 0 saturated carbocycles. The molecule has 3 nitrogen and oxygen atoms in total. The van der Waals surface area contributed by atoms with E-state index in [9.17, 15) is 4.79 Å². The normalized spacial score (nSPS) is 24.1. The van der Waals surface area contributed by atoms with E-state index in [1.54, 1.807) is 0 Å². The van der Waals surface area contributed by atoms with Gasteiger partial charge in [0.15, 0.2) is 0 Å². The lowest BCUT2D eigenvalue weighted by Gasteiger charge is -2.35. The molecule has 0 bridgehead atoms. The molecule has 1 fully saturated rings. The van der Waals surface area contributed by atoms with Gasteiger partial charge < -0.3 is 9.64 Å². The van der Waals surface area contributed by atoms with Crippen molar-refractivity contribution in [1.82, 2.24) is 4.90 Å². The van der Waals surface area contributed by atoms with E-state index in [-0.39, 0.29) is 11.7 Å². The Morgan fingerprint density at radius 2 is 2.12 bits per heavy atom. The molecule has 0 radical (unpaired) electrons. The molecule has 1 amide bonds. The molecule has 0 aliphatic carbocycles. The first kappa shape index (κ1) is 14.1. The molecule has 1 aliphatic heterocycles. The van der Waals surface area contributed by atoms with Crippen LogP contribution < -0.4 is 0 Å². The third-order valence-electron chi connectivity index (χ3n) is 2.76. The summed E-state index contributed by atoms with van der Waals surface area (Å²) in [6.45, 7) is 9.63. The van der Waals surface area contributed by atoms with E-state index in [0.29, 0.717) is 9.84 Å². The average Bonchev–Trinajstić information content (AvgIpc) is 2.15. The third-order valence-corrected chi connectivity index (χ3v) is 3.78. The minimum atomic E-state index is -0.389. The predicted molar refractivity (Wildman–Crippen MR) is 74.0 cm³/mol. The molecule has 2 unspecified atom stereocenters. The van der Waals surface area contributed by atoms with Crippen molar-refractivity contribution in [2.24, 2.45) is 5.92 Å². The van der Waals surface area contributed by atoms with Crippen molar-refractivity contribution in [3.8, 4) is 0 Å². The fraction of sp³-hybridized carbons (Fsp3) is 0.917. The predicted octanol–water partition coefficient (Wildman–Crippen LogP) is 3.46. The van der Waals surface area contributed by atoms with E-state index in [1.807, 2.05) is 25.7 Å². The van der Waals surface area contributed by atoms with Crippen molar-refractivity contribution in [2.75, 3.05) is 13.1 Å². The van der Waals surface area contributed by atoms with Gasteiger partial charge in [0.1, 0.15) is 5.60 Å². The average molecular weight is 339 g/mol. The number of carbonyl (C=O) groups excluding carboxylic acids is 1. The minimum absolute atomic E-state index is 0.158. The summed E-state index contributed by atoms with van der Waals surface area (Å²) >= 11 is 2.44. The Kier molecular flexibility index (Phi) is 4.88. The van der Waals surface area contributed by atoms with Crippen LogP contribution in [0, 0.1) is 5.92 Å². The monoisotopic (exact) mass is 339 g/mol. The zero-order valence-corrected chi connectivity index (χ0v) is 12.8. The van der Waals surface area contributed by atoms with Crippen molar-refractivity contribution in [3.05, 3.63) is 0 Å². The van der Waals surface area contributed by atoms with Crippen molar-refractivity contribution in [1.29, 1.82) is 0 Å². The maximum atomic E-state index is 11.9. The van der Waals surface area contributed by atoms with Gasteiger partial charge in [-0.1, -0.05) is 29.5 Å². The number of halogens is 1. The lowest BCUT2D eigenvalue weighted by molar-refractivity contribution is 0.0169. The first-order chi connectivity index (χ1) is 7.29. The summed E-state index contributed by atoms with van der Waals surface area (Å²) in [5, 5.41) is 0. The van der Waals surface area contributed by atoms with E-state index in [2.05, 4.69) is 29.5 Å². The highest BCUT2D eigenvalue weighted by atomic mass is 127. The Morgan fingerprint density at radius 1 is 1.50 bits per heavy atom. The maximum Gasteiger partial charge on any atom is 0.410 e. The van der Waals surface area contributed by atoms with Crippen LogP contribution in [-0.4, -0.2) is 33.6 Å². The number of amides is 1. The largest absolute Gasteiger partial charge is 0.444 e. The molecule has 2 atom stereocenters. The van der Waals surface area contributed by atoms with Crippen LogP contribution in [0.1, 0.15) is 40.5 Å². The molecule has 0 N–H and O–H groups in total. The van der Waals surface area contributed by atoms with E-state index >= 15 is 0 Å². The zero-order chi connectivity index (χ0) is 12.3. The van der Waals surface area contributed by atoms with Gasteiger partial charge in [-0.25, -0.2) is 4.79 Å². The van der Waals surface area contributed by atoms with Crippen LogP contribution in [0.15, 0.2) is 0 Å². The van der Waals surface area contributed by atoms with Gasteiger partial charge in [-0.3, -0.25) is 0 Å². The first-order valence-corrected chi connectivity index (χ1v) is 7.16. The van der Waals surface area contributed by atoms with Crippen LogP contribution in [0.2, 0.25) is 0 Å². The quantitative estimate of drug-likeness (QED) is 0.541. The molecule has 1 heterocycles. The number of hydrogen-bond acceptors (Lipinski definition) is 2. The van der Waals surface area contributed by atoms with Gasteiger partial charge in [0.05, 0.1) is 0 Å². The number of nitrogens with zero attached hydrogens (tertiary/aromatic N) is 1. The Bertz CT molecular complexity index is 248. The molecule has 1 rings (SSSR count). The SMILES string of the molecule is CC(I)C1CCCN(C(=O)OC(C)(C)C)C1. The van der Waals surface area contributed by atoms with Crippen LogP contribution in [-0.2, 0) is 4.74 Å². The number of likely N-dealkylation sites (tertiary alicyclic amines) is 1. The van der Waals surface area contributed by atoms with Gasteiger partial charge in [0.25, 0.3) is 0 Å². The Labute approximate surface area is 112 Å². The lowest BCUT2D eigenvalue weighted by atomic mass is 9.96. The summed E-state index contributed by atoms with van der Waals surface area (Å²) in [4.78, 5) is 13.7. The van der Waals surface area contributed by atoms with Gasteiger partial charge in [0, 0.05) is 17.0 Å². The number of alkyl halides is 1. The van der Waals surface area contributed by atoms with Gasteiger partial charge in [-0.15, -0.1) is 0 Å². The van der Waals surface area contributed by atoms with Gasteiger partial charge in [-0.2, -0.15) is 0 Å². The van der Waals surface area contributed by atoms with Crippen LogP contribution >= 0.6 is 22.6 Å². The summed E-state index contributed by atoms with van der Waals surface area (Å²) in [6.07, 6.45) is 2.16. The smallest absolute Gasteiger partial charge is 0.410 e. The number of piperidine rings is 1. The number of hydrogen-bond donors (Lipinski definition) is 0. The van der Waals surface area contributed by atoms with Crippen molar-refractivity contribution < 1.29 is 9.53 Å². The van der Waals surface area contributed by atoms with E-state index in [1.165, 1.54) is 6.42 Å². The standard InChI is InChI=1S/C12H22INO2/c1-9(13)10-6-5-7-14(8-10)11(15)16-12(2,3)4/h9-10H,5-8H2,1-4H3. The van der Waals surface area contributed by atoms with Crippen LogP contribution in [0.5, 0.6) is 0 Å². The molecule has 0 aromatic carbocycles. The van der Waals surface area contributed by atoms with Crippen LogP contribution in [0.3, 0.4) is 0 Å². The fourth-order valence-corrected chi connectivity index (χ4v) is 2.46. The van der Waals surface area contributed by atoms with E-state index < -0.39 is 0 Å². The second-order valence-corrected chi connectivity index (χ2v) is 7.47. The highest BCUT2D eigenvalue weighted by Gasteiger charge is 2.29. The van der Waals surface area contributed by atoms with Crippen LogP contribution in [0.4, 0.5) is 4.79 Å². The highest BCUT2D eigenvalue weighted by molar-refractivity contribution is 14.1. The number of rotatable bonds is 1.